The number of nitrogens with zero attached hydrogens (tertiary/aromatic N) is 1. The van der Waals surface area contributed by atoms with Crippen LogP contribution >= 0.6 is 15.9 Å². The molecule has 0 radical (unpaired) electrons. The van der Waals surface area contributed by atoms with Crippen molar-refractivity contribution in [3.05, 3.63) is 65.5 Å². The minimum Gasteiger partial charge on any atom is -0.430 e. The number of benzene rings is 2. The van der Waals surface area contributed by atoms with Crippen molar-refractivity contribution in [2.75, 3.05) is 0 Å². The molecule has 0 atom stereocenters. The predicted molar refractivity (Wildman–Crippen MR) is 75.1 cm³/mol. The van der Waals surface area contributed by atoms with Gasteiger partial charge in [0.15, 0.2) is 5.76 Å². The van der Waals surface area contributed by atoms with Gasteiger partial charge in [0.2, 0.25) is 0 Å². The first-order valence-electron chi connectivity index (χ1n) is 5.62. The fraction of sp³-hybridized carbons (Fsp3) is 0. The fourth-order valence-electron chi connectivity index (χ4n) is 1.87. The van der Waals surface area contributed by atoms with Crippen LogP contribution in [0.25, 0.3) is 22.6 Å². The second-order valence-corrected chi connectivity index (χ2v) is 4.55. The molecule has 2 aromatic carbocycles. The molecular weight excluding hydrogens is 290 g/mol. The van der Waals surface area contributed by atoms with Gasteiger partial charge in [-0.1, -0.05) is 60.7 Å². The van der Waals surface area contributed by atoms with Gasteiger partial charge in [-0.3, -0.25) is 0 Å². The van der Waals surface area contributed by atoms with Crippen LogP contribution in [0.1, 0.15) is 0 Å². The van der Waals surface area contributed by atoms with E-state index in [1.54, 1.807) is 0 Å². The minimum absolute atomic E-state index is 0.500. The molecule has 0 aliphatic rings. The molecular formula is C15H10BrNO. The third kappa shape index (κ3) is 2.09. The maximum absolute atomic E-state index is 5.66. The van der Waals surface area contributed by atoms with Gasteiger partial charge >= 0.3 is 0 Å². The molecule has 0 bridgehead atoms. The average Bonchev–Trinajstić information content (AvgIpc) is 2.83. The van der Waals surface area contributed by atoms with Crippen LogP contribution in [0.4, 0.5) is 0 Å². The van der Waals surface area contributed by atoms with Gasteiger partial charge < -0.3 is 4.42 Å². The quantitative estimate of drug-likeness (QED) is 0.681. The van der Waals surface area contributed by atoms with Crippen molar-refractivity contribution in [3.8, 4) is 22.6 Å². The summed E-state index contributed by atoms with van der Waals surface area (Å²) in [4.78, 5) is 4.91. The van der Waals surface area contributed by atoms with Gasteiger partial charge in [-0.15, -0.1) is 0 Å². The summed E-state index contributed by atoms with van der Waals surface area (Å²) in [6.45, 7) is 0. The number of rotatable bonds is 2. The molecule has 0 spiro atoms. The monoisotopic (exact) mass is 299 g/mol. The topological polar surface area (TPSA) is 26.0 Å². The van der Waals surface area contributed by atoms with Crippen LogP contribution in [0.5, 0.6) is 0 Å². The van der Waals surface area contributed by atoms with Crippen molar-refractivity contribution in [1.82, 2.24) is 4.98 Å². The summed E-state index contributed by atoms with van der Waals surface area (Å²) in [5.41, 5.74) is 2.93. The Kier molecular flexibility index (Phi) is 2.99. The van der Waals surface area contributed by atoms with Gasteiger partial charge in [0.1, 0.15) is 5.69 Å². The van der Waals surface area contributed by atoms with Crippen molar-refractivity contribution in [2.24, 2.45) is 0 Å². The highest BCUT2D eigenvalue weighted by Gasteiger charge is 2.14. The third-order valence-corrected chi connectivity index (χ3v) is 3.02. The Bertz CT molecular complexity index is 590. The Balaban J connectivity index is 2.17. The number of aromatic nitrogens is 1. The molecule has 0 saturated carbocycles. The Labute approximate surface area is 113 Å². The Hall–Kier alpha value is -1.87. The van der Waals surface area contributed by atoms with Crippen LogP contribution in [0.2, 0.25) is 0 Å². The van der Waals surface area contributed by atoms with Crippen molar-refractivity contribution >= 4 is 15.9 Å². The van der Waals surface area contributed by atoms with E-state index in [0.29, 0.717) is 4.80 Å². The van der Waals surface area contributed by atoms with E-state index in [1.807, 2.05) is 60.7 Å². The Morgan fingerprint density at radius 1 is 0.778 bits per heavy atom. The molecule has 3 rings (SSSR count). The standard InChI is InChI=1S/C15H10BrNO/c16-15-17-13(11-7-3-1-4-8-11)14(18-15)12-9-5-2-6-10-12/h1-10H. The SMILES string of the molecule is Brc1nc(-c2ccccc2)c(-c2ccccc2)o1. The molecule has 0 aliphatic heterocycles. The first kappa shape index (κ1) is 11.2. The van der Waals surface area contributed by atoms with Gasteiger partial charge in [-0.05, 0) is 0 Å². The van der Waals surface area contributed by atoms with Crippen LogP contribution in [-0.2, 0) is 0 Å². The molecule has 0 saturated heterocycles. The van der Waals surface area contributed by atoms with Gasteiger partial charge in [0.05, 0.1) is 0 Å². The summed E-state index contributed by atoms with van der Waals surface area (Å²) in [6, 6.07) is 20.0. The summed E-state index contributed by atoms with van der Waals surface area (Å²) < 4.78 is 5.66. The van der Waals surface area contributed by atoms with Gasteiger partial charge in [0.25, 0.3) is 4.80 Å². The second-order valence-electron chi connectivity index (χ2n) is 3.88. The summed E-state index contributed by atoms with van der Waals surface area (Å²) in [7, 11) is 0. The molecule has 0 unspecified atom stereocenters. The van der Waals surface area contributed by atoms with Crippen molar-refractivity contribution in [3.63, 3.8) is 0 Å². The summed E-state index contributed by atoms with van der Waals surface area (Å²) in [5, 5.41) is 0. The molecule has 0 aliphatic carbocycles. The zero-order valence-electron chi connectivity index (χ0n) is 9.51. The van der Waals surface area contributed by atoms with E-state index in [0.717, 1.165) is 22.6 Å². The lowest BCUT2D eigenvalue weighted by molar-refractivity contribution is 0.542. The van der Waals surface area contributed by atoms with E-state index < -0.39 is 0 Å². The Morgan fingerprint density at radius 3 is 1.94 bits per heavy atom. The molecule has 3 heteroatoms. The smallest absolute Gasteiger partial charge is 0.265 e. The zero-order chi connectivity index (χ0) is 12.4. The van der Waals surface area contributed by atoms with E-state index in [9.17, 15) is 0 Å². The van der Waals surface area contributed by atoms with E-state index in [1.165, 1.54) is 0 Å². The lowest BCUT2D eigenvalue weighted by Gasteiger charge is -2.00. The molecule has 1 heterocycles. The van der Waals surface area contributed by atoms with Crippen molar-refractivity contribution < 1.29 is 4.42 Å². The normalized spacial score (nSPS) is 10.5. The highest BCUT2D eigenvalue weighted by Crippen LogP contribution is 2.33. The number of oxazole rings is 1. The number of hydrogen-bond acceptors (Lipinski definition) is 2. The van der Waals surface area contributed by atoms with E-state index >= 15 is 0 Å². The van der Waals surface area contributed by atoms with Crippen molar-refractivity contribution in [1.29, 1.82) is 0 Å². The first-order valence-corrected chi connectivity index (χ1v) is 6.41. The first-order chi connectivity index (χ1) is 8.84. The van der Waals surface area contributed by atoms with Crippen LogP contribution in [0.15, 0.2) is 69.9 Å². The van der Waals surface area contributed by atoms with E-state index in [-0.39, 0.29) is 0 Å². The predicted octanol–water partition coefficient (Wildman–Crippen LogP) is 4.77. The average molecular weight is 300 g/mol. The largest absolute Gasteiger partial charge is 0.430 e. The Morgan fingerprint density at radius 2 is 1.33 bits per heavy atom. The minimum atomic E-state index is 0.500. The maximum atomic E-state index is 5.66. The molecule has 2 nitrogen and oxygen atoms in total. The molecule has 3 aromatic rings. The second kappa shape index (κ2) is 4.78. The molecule has 18 heavy (non-hydrogen) atoms. The zero-order valence-corrected chi connectivity index (χ0v) is 11.1. The third-order valence-electron chi connectivity index (χ3n) is 2.68. The fourth-order valence-corrected chi connectivity index (χ4v) is 2.21. The van der Waals surface area contributed by atoms with Gasteiger partial charge in [-0.2, -0.15) is 0 Å². The number of halogens is 1. The van der Waals surface area contributed by atoms with Gasteiger partial charge in [0, 0.05) is 27.1 Å². The van der Waals surface area contributed by atoms with Crippen LogP contribution in [0, 0.1) is 0 Å². The van der Waals surface area contributed by atoms with E-state index in [4.69, 9.17) is 4.42 Å². The summed E-state index contributed by atoms with van der Waals surface area (Å²) in [6.07, 6.45) is 0. The summed E-state index contributed by atoms with van der Waals surface area (Å²) >= 11 is 3.30. The van der Waals surface area contributed by atoms with Gasteiger partial charge in [-0.25, -0.2) is 4.98 Å². The molecule has 88 valence electrons. The highest BCUT2D eigenvalue weighted by molar-refractivity contribution is 9.10. The van der Waals surface area contributed by atoms with Crippen molar-refractivity contribution in [2.45, 2.75) is 0 Å². The molecule has 0 fully saturated rings. The van der Waals surface area contributed by atoms with Crippen LogP contribution in [0.3, 0.4) is 0 Å². The maximum Gasteiger partial charge on any atom is 0.265 e. The number of hydrogen-bond donors (Lipinski definition) is 0. The summed E-state index contributed by atoms with van der Waals surface area (Å²) in [5.74, 6) is 0.786. The lowest BCUT2D eigenvalue weighted by atomic mass is 10.1. The highest BCUT2D eigenvalue weighted by atomic mass is 79.9. The lowest BCUT2D eigenvalue weighted by Crippen LogP contribution is -1.81. The molecule has 1 aromatic heterocycles. The van der Waals surface area contributed by atoms with Crippen LogP contribution < -0.4 is 0 Å². The molecule has 0 N–H and O–H groups in total. The molecule has 0 amide bonds. The van der Waals surface area contributed by atoms with Crippen LogP contribution in [-0.4, -0.2) is 4.98 Å². The van der Waals surface area contributed by atoms with E-state index in [2.05, 4.69) is 20.9 Å².